The van der Waals surface area contributed by atoms with Crippen molar-refractivity contribution < 1.29 is 5.11 Å². The van der Waals surface area contributed by atoms with E-state index in [4.69, 9.17) is 0 Å². The van der Waals surface area contributed by atoms with Crippen LogP contribution in [0.2, 0.25) is 0 Å². The van der Waals surface area contributed by atoms with Gasteiger partial charge in [-0.3, -0.25) is 4.90 Å². The van der Waals surface area contributed by atoms with Crippen molar-refractivity contribution in [2.45, 2.75) is 26.0 Å². The summed E-state index contributed by atoms with van der Waals surface area (Å²) in [5.74, 6) is 0.294. The zero-order valence-electron chi connectivity index (χ0n) is 9.23. The van der Waals surface area contributed by atoms with Crippen molar-refractivity contribution in [3.05, 3.63) is 35.9 Å². The van der Waals surface area contributed by atoms with E-state index >= 15 is 0 Å². The maximum Gasteiger partial charge on any atom is 0.0979 e. The number of likely N-dealkylation sites (tertiary alicyclic amines) is 1. The molecular weight excluding hydrogens is 186 g/mol. The van der Waals surface area contributed by atoms with Gasteiger partial charge in [-0.2, -0.15) is 0 Å². The van der Waals surface area contributed by atoms with Gasteiger partial charge in [-0.1, -0.05) is 37.3 Å². The van der Waals surface area contributed by atoms with Crippen LogP contribution in [-0.4, -0.2) is 24.1 Å². The molecule has 2 unspecified atom stereocenters. The lowest BCUT2D eigenvalue weighted by atomic mass is 9.96. The molecule has 0 bridgehead atoms. The predicted octanol–water partition coefficient (Wildman–Crippen LogP) is 2.33. The van der Waals surface area contributed by atoms with E-state index in [9.17, 15) is 5.11 Å². The fraction of sp³-hybridized carbons (Fsp3) is 0.538. The van der Waals surface area contributed by atoms with Crippen LogP contribution in [0, 0.1) is 5.92 Å². The molecule has 81 valence electrons. The average molecular weight is 204 g/mol. The third kappa shape index (κ3) is 2.80. The van der Waals surface area contributed by atoms with Gasteiger partial charge in [0.2, 0.25) is 0 Å². The number of hydrogen-bond acceptors (Lipinski definition) is 1. The van der Waals surface area contributed by atoms with Gasteiger partial charge in [0.25, 0.3) is 0 Å². The van der Waals surface area contributed by atoms with Crippen LogP contribution in [0.5, 0.6) is 0 Å². The summed E-state index contributed by atoms with van der Waals surface area (Å²) in [5.41, 5.74) is 1.34. The van der Waals surface area contributed by atoms with Crippen molar-refractivity contribution in [3.63, 3.8) is 0 Å². The fourth-order valence-electron chi connectivity index (χ4n) is 2.20. The van der Waals surface area contributed by atoms with Crippen LogP contribution in [0.3, 0.4) is 0 Å². The molecule has 2 nitrogen and oxygen atoms in total. The zero-order valence-corrected chi connectivity index (χ0v) is 9.23. The minimum Gasteiger partial charge on any atom is -0.299 e. The van der Waals surface area contributed by atoms with E-state index in [2.05, 4.69) is 36.1 Å². The Morgan fingerprint density at radius 3 is 2.73 bits per heavy atom. The molecular formula is C13H18NO. The van der Waals surface area contributed by atoms with Gasteiger partial charge in [0.1, 0.15) is 0 Å². The number of hydrogen-bond donors (Lipinski definition) is 0. The molecule has 0 spiro atoms. The van der Waals surface area contributed by atoms with Crippen LogP contribution in [-0.2, 0) is 11.7 Å². The molecule has 0 amide bonds. The molecule has 1 aliphatic rings. The van der Waals surface area contributed by atoms with Crippen LogP contribution in [0.15, 0.2) is 30.3 Å². The highest BCUT2D eigenvalue weighted by Gasteiger charge is 2.25. The van der Waals surface area contributed by atoms with Gasteiger partial charge < -0.3 is 0 Å². The first-order valence-corrected chi connectivity index (χ1v) is 5.68. The Morgan fingerprint density at radius 2 is 2.07 bits per heavy atom. The molecule has 2 heteroatoms. The van der Waals surface area contributed by atoms with E-state index in [1.165, 1.54) is 5.56 Å². The minimum absolute atomic E-state index is 0.294. The maximum atomic E-state index is 11.4. The molecule has 2 atom stereocenters. The molecule has 2 rings (SSSR count). The van der Waals surface area contributed by atoms with Crippen molar-refractivity contribution in [3.8, 4) is 0 Å². The van der Waals surface area contributed by atoms with Gasteiger partial charge in [-0.05, 0) is 17.9 Å². The molecule has 0 saturated carbocycles. The van der Waals surface area contributed by atoms with Gasteiger partial charge in [0, 0.05) is 19.6 Å². The summed E-state index contributed by atoms with van der Waals surface area (Å²) >= 11 is 0. The molecule has 1 aliphatic heterocycles. The molecule has 1 heterocycles. The average Bonchev–Trinajstić information content (AvgIpc) is 2.25. The third-order valence-electron chi connectivity index (χ3n) is 3.16. The second-order valence-corrected chi connectivity index (χ2v) is 4.53. The Kier molecular flexibility index (Phi) is 3.39. The lowest BCUT2D eigenvalue weighted by Gasteiger charge is -2.33. The second kappa shape index (κ2) is 4.77. The Bertz CT molecular complexity index is 299. The first-order valence-electron chi connectivity index (χ1n) is 5.68. The largest absolute Gasteiger partial charge is 0.299 e. The fourth-order valence-corrected chi connectivity index (χ4v) is 2.20. The van der Waals surface area contributed by atoms with Crippen molar-refractivity contribution in [2.24, 2.45) is 5.92 Å². The molecule has 1 saturated heterocycles. The van der Waals surface area contributed by atoms with E-state index in [-0.39, 0.29) is 6.10 Å². The molecule has 1 aromatic rings. The van der Waals surface area contributed by atoms with E-state index in [0.717, 1.165) is 26.1 Å². The summed E-state index contributed by atoms with van der Waals surface area (Å²) in [6.45, 7) is 4.95. The van der Waals surface area contributed by atoms with Crippen molar-refractivity contribution >= 4 is 0 Å². The molecule has 0 aromatic heterocycles. The van der Waals surface area contributed by atoms with Crippen LogP contribution in [0.25, 0.3) is 0 Å². The van der Waals surface area contributed by atoms with Gasteiger partial charge in [-0.15, -0.1) is 0 Å². The Morgan fingerprint density at radius 1 is 1.33 bits per heavy atom. The molecule has 1 fully saturated rings. The second-order valence-electron chi connectivity index (χ2n) is 4.53. The lowest BCUT2D eigenvalue weighted by molar-refractivity contribution is -0.0154. The highest BCUT2D eigenvalue weighted by Crippen LogP contribution is 2.18. The van der Waals surface area contributed by atoms with Gasteiger partial charge in [0.15, 0.2) is 0 Å². The van der Waals surface area contributed by atoms with Crippen LogP contribution < -0.4 is 0 Å². The maximum absolute atomic E-state index is 11.4. The topological polar surface area (TPSA) is 23.1 Å². The summed E-state index contributed by atoms with van der Waals surface area (Å²) in [4.78, 5) is 2.38. The summed E-state index contributed by atoms with van der Waals surface area (Å²) in [7, 11) is 0. The molecule has 0 aliphatic carbocycles. The van der Waals surface area contributed by atoms with Crippen molar-refractivity contribution in [1.29, 1.82) is 0 Å². The SMILES string of the molecule is CC1CN(Cc2ccccc2)CCC1[O]. The summed E-state index contributed by atoms with van der Waals surface area (Å²) in [5, 5.41) is 11.4. The number of benzene rings is 1. The van der Waals surface area contributed by atoms with Crippen LogP contribution >= 0.6 is 0 Å². The van der Waals surface area contributed by atoms with Crippen LogP contribution in [0.1, 0.15) is 18.9 Å². The summed E-state index contributed by atoms with van der Waals surface area (Å²) in [6, 6.07) is 10.5. The first-order chi connectivity index (χ1) is 7.25. The highest BCUT2D eigenvalue weighted by atomic mass is 16.3. The normalized spacial score (nSPS) is 27.9. The monoisotopic (exact) mass is 204 g/mol. The third-order valence-corrected chi connectivity index (χ3v) is 3.16. The number of piperidine rings is 1. The molecule has 0 N–H and O–H groups in total. The lowest BCUT2D eigenvalue weighted by Crippen LogP contribution is -2.40. The van der Waals surface area contributed by atoms with Crippen molar-refractivity contribution in [2.75, 3.05) is 13.1 Å². The smallest absolute Gasteiger partial charge is 0.0979 e. The van der Waals surface area contributed by atoms with Crippen LogP contribution in [0.4, 0.5) is 0 Å². The quantitative estimate of drug-likeness (QED) is 0.725. The van der Waals surface area contributed by atoms with E-state index in [0.29, 0.717) is 5.92 Å². The Hall–Kier alpha value is -0.860. The first kappa shape index (κ1) is 10.7. The molecule has 15 heavy (non-hydrogen) atoms. The molecule has 1 aromatic carbocycles. The van der Waals surface area contributed by atoms with Crippen molar-refractivity contribution in [1.82, 2.24) is 4.90 Å². The van der Waals surface area contributed by atoms with Gasteiger partial charge in [0.05, 0.1) is 6.10 Å². The number of nitrogens with zero attached hydrogens (tertiary/aromatic N) is 1. The summed E-state index contributed by atoms with van der Waals surface area (Å²) < 4.78 is 0. The number of rotatable bonds is 2. The van der Waals surface area contributed by atoms with E-state index < -0.39 is 0 Å². The zero-order chi connectivity index (χ0) is 10.7. The Balaban J connectivity index is 1.91. The summed E-state index contributed by atoms with van der Waals surface area (Å²) in [6.07, 6.45) is 0.450. The van der Waals surface area contributed by atoms with Gasteiger partial charge >= 0.3 is 0 Å². The molecule has 1 radical (unpaired) electrons. The minimum atomic E-state index is -0.350. The Labute approximate surface area is 91.5 Å². The van der Waals surface area contributed by atoms with E-state index in [1.54, 1.807) is 0 Å². The highest BCUT2D eigenvalue weighted by molar-refractivity contribution is 5.14. The van der Waals surface area contributed by atoms with Gasteiger partial charge in [-0.25, -0.2) is 5.11 Å². The van der Waals surface area contributed by atoms with E-state index in [1.807, 2.05) is 6.07 Å². The standard InChI is InChI=1S/C13H18NO/c1-11-9-14(8-7-13(11)15)10-12-5-3-2-4-6-12/h2-6,11,13H,7-10H2,1H3. The predicted molar refractivity (Wildman–Crippen MR) is 60.0 cm³/mol.